The molecule has 6 heteroatoms. The van der Waals surface area contributed by atoms with E-state index in [1.165, 1.54) is 12.0 Å². The predicted molar refractivity (Wildman–Crippen MR) is 99.8 cm³/mol. The Hall–Kier alpha value is -2.60. The van der Waals surface area contributed by atoms with E-state index in [1.54, 1.807) is 7.11 Å². The molecule has 1 heterocycles. The predicted octanol–water partition coefficient (Wildman–Crippen LogP) is 2.66. The number of nitrogens with zero attached hydrogens (tertiary/aromatic N) is 2. The third-order valence-electron chi connectivity index (χ3n) is 4.32. The van der Waals surface area contributed by atoms with Crippen LogP contribution < -0.4 is 0 Å². The van der Waals surface area contributed by atoms with E-state index in [0.717, 1.165) is 22.6 Å². The van der Waals surface area contributed by atoms with E-state index in [2.05, 4.69) is 6.07 Å². The average molecular weight is 358 g/mol. The van der Waals surface area contributed by atoms with Gasteiger partial charge in [0.25, 0.3) is 5.91 Å². The quantitative estimate of drug-likeness (QED) is 0.714. The number of ether oxygens (including phenoxy) is 2. The van der Waals surface area contributed by atoms with E-state index < -0.39 is 5.97 Å². The average Bonchev–Trinajstić information content (AvgIpc) is 2.92. The Morgan fingerprint density at radius 1 is 1.12 bits per heavy atom. The number of rotatable bonds is 7. The van der Waals surface area contributed by atoms with Crippen LogP contribution in [0.15, 0.2) is 30.3 Å². The number of aromatic nitrogens is 1. The largest absolute Gasteiger partial charge is 0.468 e. The van der Waals surface area contributed by atoms with E-state index in [9.17, 15) is 9.59 Å². The van der Waals surface area contributed by atoms with Crippen molar-refractivity contribution in [3.63, 3.8) is 0 Å². The van der Waals surface area contributed by atoms with Gasteiger partial charge in [-0.15, -0.1) is 0 Å². The monoisotopic (exact) mass is 358 g/mol. The molecule has 0 aliphatic heterocycles. The second-order valence-corrected chi connectivity index (χ2v) is 6.25. The number of hydrogen-bond donors (Lipinski definition) is 0. The topological polar surface area (TPSA) is 60.8 Å². The second-order valence-electron chi connectivity index (χ2n) is 6.25. The van der Waals surface area contributed by atoms with Crippen LogP contribution >= 0.6 is 0 Å². The lowest BCUT2D eigenvalue weighted by atomic mass is 10.2. The van der Waals surface area contributed by atoms with Gasteiger partial charge in [-0.25, -0.2) is 0 Å². The van der Waals surface area contributed by atoms with Crippen LogP contribution in [0.2, 0.25) is 0 Å². The highest BCUT2D eigenvalue weighted by atomic mass is 16.5. The van der Waals surface area contributed by atoms with Crippen molar-refractivity contribution in [3.05, 3.63) is 52.8 Å². The fraction of sp³-hybridized carbons (Fsp3) is 0.400. The minimum absolute atomic E-state index is 0.104. The molecule has 6 nitrogen and oxygen atoms in total. The molecular formula is C20H26N2O4. The summed E-state index contributed by atoms with van der Waals surface area (Å²) in [5.74, 6) is -0.665. The maximum absolute atomic E-state index is 13.0. The van der Waals surface area contributed by atoms with Crippen molar-refractivity contribution < 1.29 is 19.1 Å². The Kier molecular flexibility index (Phi) is 6.58. The summed E-state index contributed by atoms with van der Waals surface area (Å²) in [5.41, 5.74) is 4.53. The van der Waals surface area contributed by atoms with E-state index in [1.807, 2.05) is 49.6 Å². The molecule has 0 fully saturated rings. The van der Waals surface area contributed by atoms with E-state index in [-0.39, 0.29) is 12.5 Å². The van der Waals surface area contributed by atoms with Gasteiger partial charge in [-0.3, -0.25) is 9.59 Å². The lowest BCUT2D eigenvalue weighted by Crippen LogP contribution is -2.38. The number of hydrogen-bond acceptors (Lipinski definition) is 4. The van der Waals surface area contributed by atoms with Gasteiger partial charge in [0, 0.05) is 30.7 Å². The lowest BCUT2D eigenvalue weighted by Gasteiger charge is -2.21. The zero-order valence-corrected chi connectivity index (χ0v) is 16.0. The van der Waals surface area contributed by atoms with Gasteiger partial charge < -0.3 is 18.9 Å². The van der Waals surface area contributed by atoms with E-state index >= 15 is 0 Å². The van der Waals surface area contributed by atoms with Crippen LogP contribution in [0.25, 0.3) is 5.69 Å². The molecule has 0 N–H and O–H groups in total. The molecule has 0 bridgehead atoms. The first-order chi connectivity index (χ1) is 12.4. The van der Waals surface area contributed by atoms with Gasteiger partial charge in [0.1, 0.15) is 6.54 Å². The Balaban J connectivity index is 2.38. The fourth-order valence-electron chi connectivity index (χ4n) is 2.99. The van der Waals surface area contributed by atoms with Crippen molar-refractivity contribution in [1.82, 2.24) is 9.47 Å². The summed E-state index contributed by atoms with van der Waals surface area (Å²) in [6, 6.07) is 9.97. The van der Waals surface area contributed by atoms with Crippen LogP contribution in [0, 0.1) is 20.8 Å². The summed E-state index contributed by atoms with van der Waals surface area (Å²) < 4.78 is 11.8. The molecule has 0 atom stereocenters. The van der Waals surface area contributed by atoms with Crippen LogP contribution in [0.3, 0.4) is 0 Å². The van der Waals surface area contributed by atoms with Crippen molar-refractivity contribution >= 4 is 11.9 Å². The van der Waals surface area contributed by atoms with Gasteiger partial charge in [0.2, 0.25) is 0 Å². The Morgan fingerprint density at radius 3 is 2.46 bits per heavy atom. The summed E-state index contributed by atoms with van der Waals surface area (Å²) in [7, 11) is 2.87. The van der Waals surface area contributed by atoms with Crippen LogP contribution in [0.4, 0.5) is 0 Å². The molecule has 26 heavy (non-hydrogen) atoms. The number of methoxy groups -OCH3 is 2. The fourth-order valence-corrected chi connectivity index (χ4v) is 2.99. The Bertz CT molecular complexity index is 795. The Labute approximate surface area is 154 Å². The lowest BCUT2D eigenvalue weighted by molar-refractivity contribution is -0.141. The Morgan fingerprint density at radius 2 is 1.85 bits per heavy atom. The number of carbonyl (C=O) groups is 2. The minimum atomic E-state index is -0.457. The molecule has 0 unspecified atom stereocenters. The molecule has 0 aliphatic rings. The number of esters is 1. The van der Waals surface area contributed by atoms with Crippen molar-refractivity contribution in [3.8, 4) is 5.69 Å². The highest BCUT2D eigenvalue weighted by molar-refractivity contribution is 5.97. The third-order valence-corrected chi connectivity index (χ3v) is 4.32. The van der Waals surface area contributed by atoms with Crippen molar-refractivity contribution in [2.45, 2.75) is 20.8 Å². The first-order valence-corrected chi connectivity index (χ1v) is 8.50. The minimum Gasteiger partial charge on any atom is -0.468 e. The van der Waals surface area contributed by atoms with Crippen LogP contribution in [-0.2, 0) is 14.3 Å². The number of carbonyl (C=O) groups excluding carboxylic acids is 2. The summed E-state index contributed by atoms with van der Waals surface area (Å²) in [4.78, 5) is 26.2. The number of benzene rings is 1. The van der Waals surface area contributed by atoms with Gasteiger partial charge in [-0.1, -0.05) is 12.1 Å². The molecule has 1 aromatic heterocycles. The summed E-state index contributed by atoms with van der Waals surface area (Å²) in [5, 5.41) is 0. The van der Waals surface area contributed by atoms with Gasteiger partial charge in [0.15, 0.2) is 0 Å². The molecule has 0 spiro atoms. The standard InChI is InChI=1S/C20H26N2O4/c1-14-7-6-8-17(11-14)22-15(2)12-18(16(22)3)20(24)21(9-10-25-4)13-19(23)26-5/h6-8,11-12H,9-10,13H2,1-5H3. The summed E-state index contributed by atoms with van der Waals surface area (Å²) >= 11 is 0. The molecule has 1 amide bonds. The normalized spacial score (nSPS) is 10.7. The molecule has 0 radical (unpaired) electrons. The number of amides is 1. The molecule has 140 valence electrons. The second kappa shape index (κ2) is 8.67. The van der Waals surface area contributed by atoms with E-state index in [0.29, 0.717) is 18.7 Å². The first kappa shape index (κ1) is 19.7. The highest BCUT2D eigenvalue weighted by Crippen LogP contribution is 2.22. The maximum atomic E-state index is 13.0. The summed E-state index contributed by atoms with van der Waals surface area (Å²) in [6.45, 7) is 6.47. The first-order valence-electron chi connectivity index (χ1n) is 8.50. The molecule has 1 aromatic carbocycles. The molecule has 0 aliphatic carbocycles. The third kappa shape index (κ3) is 4.32. The molecule has 0 saturated heterocycles. The SMILES string of the molecule is COCCN(CC(=O)OC)C(=O)c1cc(C)n(-c2cccc(C)c2)c1C. The maximum Gasteiger partial charge on any atom is 0.325 e. The highest BCUT2D eigenvalue weighted by Gasteiger charge is 2.23. The van der Waals surface area contributed by atoms with Crippen LogP contribution in [0.5, 0.6) is 0 Å². The van der Waals surface area contributed by atoms with Gasteiger partial charge in [0.05, 0.1) is 19.3 Å². The van der Waals surface area contributed by atoms with Crippen molar-refractivity contribution in [2.24, 2.45) is 0 Å². The molecule has 2 rings (SSSR count). The molecular weight excluding hydrogens is 332 g/mol. The van der Waals surface area contributed by atoms with Crippen molar-refractivity contribution in [1.29, 1.82) is 0 Å². The number of aryl methyl sites for hydroxylation is 2. The van der Waals surface area contributed by atoms with Gasteiger partial charge in [-0.05, 0) is 44.5 Å². The zero-order chi connectivity index (χ0) is 19.3. The molecule has 2 aromatic rings. The summed E-state index contributed by atoms with van der Waals surface area (Å²) in [6.07, 6.45) is 0. The van der Waals surface area contributed by atoms with E-state index in [4.69, 9.17) is 9.47 Å². The van der Waals surface area contributed by atoms with Gasteiger partial charge in [-0.2, -0.15) is 0 Å². The van der Waals surface area contributed by atoms with Crippen LogP contribution in [-0.4, -0.2) is 55.3 Å². The smallest absolute Gasteiger partial charge is 0.325 e. The van der Waals surface area contributed by atoms with Crippen LogP contribution in [0.1, 0.15) is 27.3 Å². The molecule has 0 saturated carbocycles. The zero-order valence-electron chi connectivity index (χ0n) is 16.0. The van der Waals surface area contributed by atoms with Gasteiger partial charge >= 0.3 is 5.97 Å². The van der Waals surface area contributed by atoms with Crippen molar-refractivity contribution in [2.75, 3.05) is 33.9 Å².